The van der Waals surface area contributed by atoms with E-state index in [-0.39, 0.29) is 34.9 Å². The average molecular weight is 359 g/mol. The summed E-state index contributed by atoms with van der Waals surface area (Å²) in [5.74, 6) is 0.223. The monoisotopic (exact) mass is 359 g/mol. The number of nitrogens with zero attached hydrogens (tertiary/aromatic N) is 1. The van der Waals surface area contributed by atoms with E-state index in [4.69, 9.17) is 14.2 Å². The summed E-state index contributed by atoms with van der Waals surface area (Å²) in [7, 11) is 0. The molecule has 6 nitrogen and oxygen atoms in total. The quantitative estimate of drug-likeness (QED) is 0.609. The summed E-state index contributed by atoms with van der Waals surface area (Å²) in [6, 6.07) is 7.49. The van der Waals surface area contributed by atoms with Crippen molar-refractivity contribution in [3.63, 3.8) is 0 Å². The molecular formula is C20H25NO5. The second-order valence-electron chi connectivity index (χ2n) is 7.54. The normalized spacial score (nSPS) is 35.8. The summed E-state index contributed by atoms with van der Waals surface area (Å²) in [4.78, 5) is 11.8. The SMILES string of the molecule is CCO[C@@H]1OC=C2C[C@@H]([N+](=O)[O-])[C@@H](c3ccc(C)cc3)[C@@H]3COC[C@@H]1[C@H]23. The third kappa shape index (κ3) is 2.91. The fourth-order valence-corrected chi connectivity index (χ4v) is 4.95. The van der Waals surface area contributed by atoms with Crippen molar-refractivity contribution in [1.82, 2.24) is 0 Å². The maximum atomic E-state index is 11.9. The van der Waals surface area contributed by atoms with Gasteiger partial charge in [-0.2, -0.15) is 0 Å². The summed E-state index contributed by atoms with van der Waals surface area (Å²) in [6.45, 7) is 5.66. The second-order valence-corrected chi connectivity index (χ2v) is 7.54. The second kappa shape index (κ2) is 7.00. The largest absolute Gasteiger partial charge is 0.472 e. The summed E-state index contributed by atoms with van der Waals surface area (Å²) in [6.07, 6.45) is 1.83. The van der Waals surface area contributed by atoms with E-state index in [2.05, 4.69) is 0 Å². The summed E-state index contributed by atoms with van der Waals surface area (Å²) >= 11 is 0. The molecule has 0 spiro atoms. The van der Waals surface area contributed by atoms with Gasteiger partial charge >= 0.3 is 0 Å². The van der Waals surface area contributed by atoms with Crippen LogP contribution >= 0.6 is 0 Å². The third-order valence-electron chi connectivity index (χ3n) is 6.06. The Hall–Kier alpha value is -1.92. The molecule has 0 aromatic heterocycles. The molecule has 2 aliphatic heterocycles. The van der Waals surface area contributed by atoms with Crippen molar-refractivity contribution >= 4 is 0 Å². The Morgan fingerprint density at radius 2 is 1.92 bits per heavy atom. The first-order valence-corrected chi connectivity index (χ1v) is 9.34. The molecule has 140 valence electrons. The Labute approximate surface area is 153 Å². The van der Waals surface area contributed by atoms with Crippen LogP contribution in [0.4, 0.5) is 0 Å². The third-order valence-corrected chi connectivity index (χ3v) is 6.06. The number of aryl methyl sites for hydroxylation is 1. The van der Waals surface area contributed by atoms with Crippen molar-refractivity contribution in [3.05, 3.63) is 57.3 Å². The first-order chi connectivity index (χ1) is 12.6. The van der Waals surface area contributed by atoms with Gasteiger partial charge in [-0.15, -0.1) is 0 Å². The lowest BCUT2D eigenvalue weighted by Crippen LogP contribution is -2.54. The smallest absolute Gasteiger partial charge is 0.224 e. The van der Waals surface area contributed by atoms with Gasteiger partial charge in [-0.25, -0.2) is 0 Å². The van der Waals surface area contributed by atoms with Crippen LogP contribution in [0.25, 0.3) is 0 Å². The van der Waals surface area contributed by atoms with Crippen LogP contribution in [0.2, 0.25) is 0 Å². The Kier molecular flexibility index (Phi) is 4.71. The minimum Gasteiger partial charge on any atom is -0.472 e. The molecule has 0 amide bonds. The van der Waals surface area contributed by atoms with Gasteiger partial charge < -0.3 is 14.2 Å². The van der Waals surface area contributed by atoms with Crippen LogP contribution in [0.5, 0.6) is 0 Å². The lowest BCUT2D eigenvalue weighted by molar-refractivity contribution is -0.531. The molecule has 1 aromatic carbocycles. The lowest BCUT2D eigenvalue weighted by atomic mass is 9.60. The predicted octanol–water partition coefficient (Wildman–Crippen LogP) is 3.28. The first kappa shape index (κ1) is 17.5. The molecule has 6 atom stereocenters. The van der Waals surface area contributed by atoms with Crippen LogP contribution in [0.15, 0.2) is 36.1 Å². The zero-order valence-corrected chi connectivity index (χ0v) is 15.2. The van der Waals surface area contributed by atoms with E-state index in [1.54, 1.807) is 6.26 Å². The van der Waals surface area contributed by atoms with Crippen LogP contribution in [-0.4, -0.2) is 37.1 Å². The van der Waals surface area contributed by atoms with Crippen molar-refractivity contribution < 1.29 is 19.1 Å². The van der Waals surface area contributed by atoms with Gasteiger partial charge in [0.15, 0.2) is 0 Å². The number of rotatable bonds is 4. The van der Waals surface area contributed by atoms with Crippen molar-refractivity contribution in [1.29, 1.82) is 0 Å². The molecule has 6 heteroatoms. The van der Waals surface area contributed by atoms with Gasteiger partial charge in [0, 0.05) is 29.8 Å². The van der Waals surface area contributed by atoms with Crippen molar-refractivity contribution in [3.8, 4) is 0 Å². The molecule has 26 heavy (non-hydrogen) atoms. The molecule has 1 saturated heterocycles. The first-order valence-electron chi connectivity index (χ1n) is 9.34. The van der Waals surface area contributed by atoms with E-state index in [1.165, 1.54) is 0 Å². The van der Waals surface area contributed by atoms with Gasteiger partial charge in [-0.1, -0.05) is 29.8 Å². The molecule has 2 heterocycles. The van der Waals surface area contributed by atoms with Gasteiger partial charge in [-0.3, -0.25) is 10.1 Å². The van der Waals surface area contributed by atoms with Crippen LogP contribution in [0.3, 0.4) is 0 Å². The number of hydrogen-bond donors (Lipinski definition) is 0. The maximum Gasteiger partial charge on any atom is 0.224 e. The molecule has 0 unspecified atom stereocenters. The van der Waals surface area contributed by atoms with E-state index in [9.17, 15) is 10.1 Å². The zero-order valence-electron chi connectivity index (χ0n) is 15.2. The van der Waals surface area contributed by atoms with Gasteiger partial charge in [-0.05, 0) is 25.0 Å². The molecule has 2 fully saturated rings. The van der Waals surface area contributed by atoms with E-state index in [0.29, 0.717) is 26.2 Å². The fraction of sp³-hybridized carbons (Fsp3) is 0.600. The predicted molar refractivity (Wildman–Crippen MR) is 95.2 cm³/mol. The van der Waals surface area contributed by atoms with E-state index in [1.807, 2.05) is 38.1 Å². The molecule has 4 rings (SSSR count). The van der Waals surface area contributed by atoms with E-state index in [0.717, 1.165) is 16.7 Å². The Balaban J connectivity index is 1.74. The highest BCUT2D eigenvalue weighted by atomic mass is 16.7. The lowest BCUT2D eigenvalue weighted by Gasteiger charge is -2.50. The van der Waals surface area contributed by atoms with Gasteiger partial charge in [0.05, 0.1) is 31.3 Å². The zero-order chi connectivity index (χ0) is 18.3. The summed E-state index contributed by atoms with van der Waals surface area (Å²) in [5.41, 5.74) is 3.23. The van der Waals surface area contributed by atoms with Crippen molar-refractivity contribution in [2.75, 3.05) is 19.8 Å². The highest BCUT2D eigenvalue weighted by Gasteiger charge is 2.55. The minimum absolute atomic E-state index is 0.0683. The minimum atomic E-state index is -0.653. The maximum absolute atomic E-state index is 11.9. The molecule has 0 N–H and O–H groups in total. The van der Waals surface area contributed by atoms with Gasteiger partial charge in [0.2, 0.25) is 12.3 Å². The molecule has 1 aliphatic carbocycles. The van der Waals surface area contributed by atoms with E-state index >= 15 is 0 Å². The average Bonchev–Trinajstić information content (AvgIpc) is 2.64. The summed E-state index contributed by atoms with van der Waals surface area (Å²) < 4.78 is 17.4. The highest BCUT2D eigenvalue weighted by molar-refractivity contribution is 5.31. The van der Waals surface area contributed by atoms with Crippen LogP contribution < -0.4 is 0 Å². The molecule has 0 radical (unpaired) electrons. The Morgan fingerprint density at radius 3 is 2.62 bits per heavy atom. The van der Waals surface area contributed by atoms with Gasteiger partial charge in [0.1, 0.15) is 0 Å². The number of hydrogen-bond acceptors (Lipinski definition) is 5. The van der Waals surface area contributed by atoms with Crippen molar-refractivity contribution in [2.45, 2.75) is 38.5 Å². The van der Waals surface area contributed by atoms with Gasteiger partial charge in [0.25, 0.3) is 0 Å². The number of nitro groups is 1. The molecular weight excluding hydrogens is 334 g/mol. The number of ether oxygens (including phenoxy) is 3. The fourth-order valence-electron chi connectivity index (χ4n) is 4.95. The topological polar surface area (TPSA) is 70.8 Å². The number of benzene rings is 1. The molecule has 1 aromatic rings. The molecule has 3 aliphatic rings. The molecule has 1 saturated carbocycles. The van der Waals surface area contributed by atoms with Crippen molar-refractivity contribution in [2.24, 2.45) is 17.8 Å². The standard InChI is InChI=1S/C20H25NO5/c1-3-25-20-16-11-24-10-15-18(16)14(9-26-20)8-17(21(22)23)19(15)13-6-4-12(2)5-7-13/h4-7,9,15-20H,3,8,10-11H2,1-2H3/t15-,16-,17-,18-,19+,20-/m1/s1. The van der Waals surface area contributed by atoms with Crippen LogP contribution in [0.1, 0.15) is 30.4 Å². The Morgan fingerprint density at radius 1 is 1.19 bits per heavy atom. The summed E-state index contributed by atoms with van der Waals surface area (Å²) in [5, 5.41) is 11.9. The van der Waals surface area contributed by atoms with Crippen LogP contribution in [-0.2, 0) is 14.2 Å². The van der Waals surface area contributed by atoms with E-state index < -0.39 is 6.04 Å². The Bertz CT molecular complexity index is 701. The molecule has 0 bridgehead atoms. The highest BCUT2D eigenvalue weighted by Crippen LogP contribution is 2.52. The van der Waals surface area contributed by atoms with Crippen LogP contribution in [0, 0.1) is 34.8 Å².